The molecule has 1 rings (SSSR count). The van der Waals surface area contributed by atoms with Crippen molar-refractivity contribution < 1.29 is 31.4 Å². The first-order chi connectivity index (χ1) is 10.4. The summed E-state index contributed by atoms with van der Waals surface area (Å²) >= 11 is 0. The Morgan fingerprint density at radius 2 is 1.70 bits per heavy atom. The zero-order valence-corrected chi connectivity index (χ0v) is 13.5. The molecule has 1 aromatic rings. The Kier molecular flexibility index (Phi) is 6.01. The van der Waals surface area contributed by atoms with E-state index in [2.05, 4.69) is 0 Å². The van der Waals surface area contributed by atoms with Crippen LogP contribution in [0, 0.1) is 5.92 Å². The molecule has 0 bridgehead atoms. The Morgan fingerprint density at radius 3 is 2.17 bits per heavy atom. The summed E-state index contributed by atoms with van der Waals surface area (Å²) in [5.74, 6) is -4.20. The molecule has 1 aromatic carbocycles. The maximum atomic E-state index is 13.4. The lowest BCUT2D eigenvalue weighted by atomic mass is 9.89. The summed E-state index contributed by atoms with van der Waals surface area (Å²) < 4.78 is 74.7. The lowest BCUT2D eigenvalue weighted by molar-refractivity contribution is -0.298. The smallest absolute Gasteiger partial charge is 0.453 e. The molecule has 0 aliphatic heterocycles. The fraction of sp³-hybridized carbons (Fsp3) is 0.625. The zero-order valence-electron chi connectivity index (χ0n) is 13.5. The Labute approximate surface area is 132 Å². The van der Waals surface area contributed by atoms with Crippen LogP contribution in [-0.4, -0.2) is 25.8 Å². The highest BCUT2D eigenvalue weighted by Crippen LogP contribution is 2.45. The van der Waals surface area contributed by atoms with Crippen molar-refractivity contribution in [3.8, 4) is 5.75 Å². The molecule has 0 amide bonds. The van der Waals surface area contributed by atoms with Gasteiger partial charge in [-0.1, -0.05) is 26.0 Å². The van der Waals surface area contributed by atoms with E-state index in [4.69, 9.17) is 9.47 Å². The third kappa shape index (κ3) is 5.06. The molecule has 0 aliphatic rings. The second-order valence-electron chi connectivity index (χ2n) is 6.05. The fourth-order valence-electron chi connectivity index (χ4n) is 1.99. The lowest BCUT2D eigenvalue weighted by Gasteiger charge is -2.33. The third-order valence-corrected chi connectivity index (χ3v) is 3.45. The summed E-state index contributed by atoms with van der Waals surface area (Å²) in [6, 6.07) is 6.02. The summed E-state index contributed by atoms with van der Waals surface area (Å²) in [6.45, 7) is 5.49. The largest absolute Gasteiger partial charge is 0.493 e. The fourth-order valence-corrected chi connectivity index (χ4v) is 1.99. The van der Waals surface area contributed by atoms with E-state index in [1.165, 1.54) is 25.1 Å². The van der Waals surface area contributed by atoms with Crippen LogP contribution in [0.2, 0.25) is 0 Å². The molecule has 0 aromatic heterocycles. The third-order valence-electron chi connectivity index (χ3n) is 3.45. The van der Waals surface area contributed by atoms with Gasteiger partial charge in [0.25, 0.3) is 0 Å². The van der Waals surface area contributed by atoms with E-state index < -0.39 is 24.1 Å². The minimum Gasteiger partial charge on any atom is -0.493 e. The second kappa shape index (κ2) is 7.03. The van der Waals surface area contributed by atoms with Crippen molar-refractivity contribution in [2.24, 2.45) is 5.92 Å². The van der Waals surface area contributed by atoms with Crippen LogP contribution in [0.1, 0.15) is 32.8 Å². The molecule has 0 saturated heterocycles. The zero-order chi connectivity index (χ0) is 17.9. The predicted octanol–water partition coefficient (Wildman–Crippen LogP) is 5.17. The first-order valence-corrected chi connectivity index (χ1v) is 7.14. The molecule has 23 heavy (non-hydrogen) atoms. The normalized spacial score (nSPS) is 15.6. The van der Waals surface area contributed by atoms with Crippen molar-refractivity contribution >= 4 is 0 Å². The van der Waals surface area contributed by atoms with Crippen LogP contribution in [0.4, 0.5) is 22.0 Å². The minimum absolute atomic E-state index is 0.199. The molecule has 0 N–H and O–H groups in total. The molecule has 0 radical (unpaired) electrons. The molecule has 0 aliphatic carbocycles. The monoisotopic (exact) mass is 340 g/mol. The van der Waals surface area contributed by atoms with Gasteiger partial charge in [0.05, 0.1) is 18.6 Å². The van der Waals surface area contributed by atoms with Gasteiger partial charge in [-0.3, -0.25) is 0 Å². The maximum absolute atomic E-state index is 13.4. The molecule has 0 heterocycles. The Bertz CT molecular complexity index is 513. The number of alkyl halides is 5. The molecule has 0 saturated carbocycles. The Balaban J connectivity index is 3.06. The van der Waals surface area contributed by atoms with Crippen molar-refractivity contribution in [2.45, 2.75) is 44.9 Å². The van der Waals surface area contributed by atoms with E-state index in [1.807, 2.05) is 13.8 Å². The number of hydrogen-bond donors (Lipinski definition) is 0. The molecular formula is C16H21F5O2. The van der Waals surface area contributed by atoms with Gasteiger partial charge in [-0.25, -0.2) is 0 Å². The topological polar surface area (TPSA) is 18.5 Å². The highest BCUT2D eigenvalue weighted by Gasteiger charge is 2.60. The van der Waals surface area contributed by atoms with Gasteiger partial charge in [0.1, 0.15) is 5.75 Å². The van der Waals surface area contributed by atoms with E-state index in [1.54, 1.807) is 6.07 Å². The molecule has 0 fully saturated rings. The standard InChI is InChI=1S/C16H21F5O2/c1-11(2)9-23-13-7-5-6-12(8-13)14(3,22-4)10-15(17,18)16(19,20)21/h5-8,11H,9-10H2,1-4H3. The number of methoxy groups -OCH3 is 1. The van der Waals surface area contributed by atoms with Gasteiger partial charge in [0.15, 0.2) is 0 Å². The maximum Gasteiger partial charge on any atom is 0.453 e. The van der Waals surface area contributed by atoms with Crippen molar-refractivity contribution in [2.75, 3.05) is 13.7 Å². The number of benzene rings is 1. The van der Waals surface area contributed by atoms with Crippen LogP contribution in [-0.2, 0) is 10.3 Å². The van der Waals surface area contributed by atoms with Crippen molar-refractivity contribution in [1.82, 2.24) is 0 Å². The van der Waals surface area contributed by atoms with Crippen LogP contribution in [0.3, 0.4) is 0 Å². The van der Waals surface area contributed by atoms with Crippen LogP contribution < -0.4 is 4.74 Å². The quantitative estimate of drug-likeness (QED) is 0.638. The van der Waals surface area contributed by atoms with Gasteiger partial charge >= 0.3 is 12.1 Å². The summed E-state index contributed by atoms with van der Waals surface area (Å²) in [7, 11) is 1.11. The Hall–Kier alpha value is -1.37. The summed E-state index contributed by atoms with van der Waals surface area (Å²) in [6.07, 6.45) is -7.13. The van der Waals surface area contributed by atoms with Crippen molar-refractivity contribution in [3.63, 3.8) is 0 Å². The summed E-state index contributed by atoms with van der Waals surface area (Å²) in [4.78, 5) is 0. The van der Waals surface area contributed by atoms with Crippen LogP contribution >= 0.6 is 0 Å². The molecular weight excluding hydrogens is 319 g/mol. The van der Waals surface area contributed by atoms with Crippen molar-refractivity contribution in [3.05, 3.63) is 29.8 Å². The van der Waals surface area contributed by atoms with Gasteiger partial charge < -0.3 is 9.47 Å². The van der Waals surface area contributed by atoms with E-state index in [-0.39, 0.29) is 11.5 Å². The highest BCUT2D eigenvalue weighted by molar-refractivity contribution is 5.32. The van der Waals surface area contributed by atoms with Gasteiger partial charge in [-0.15, -0.1) is 0 Å². The first-order valence-electron chi connectivity index (χ1n) is 7.14. The molecule has 2 nitrogen and oxygen atoms in total. The van der Waals surface area contributed by atoms with Crippen molar-refractivity contribution in [1.29, 1.82) is 0 Å². The Morgan fingerprint density at radius 1 is 1.09 bits per heavy atom. The number of rotatable bonds is 7. The first kappa shape index (κ1) is 19.7. The summed E-state index contributed by atoms with van der Waals surface area (Å²) in [5.41, 5.74) is -1.60. The molecule has 7 heteroatoms. The van der Waals surface area contributed by atoms with Crippen LogP contribution in [0.15, 0.2) is 24.3 Å². The average molecular weight is 340 g/mol. The van der Waals surface area contributed by atoms with E-state index in [0.29, 0.717) is 12.4 Å². The molecule has 1 unspecified atom stereocenters. The van der Waals surface area contributed by atoms with E-state index in [9.17, 15) is 22.0 Å². The SMILES string of the molecule is COC(C)(CC(F)(F)C(F)(F)F)c1cccc(OCC(C)C)c1. The second-order valence-corrected chi connectivity index (χ2v) is 6.05. The average Bonchev–Trinajstić information content (AvgIpc) is 2.43. The molecule has 0 spiro atoms. The van der Waals surface area contributed by atoms with Gasteiger partial charge in [0.2, 0.25) is 0 Å². The van der Waals surface area contributed by atoms with Gasteiger partial charge in [-0.05, 0) is 30.5 Å². The highest BCUT2D eigenvalue weighted by atomic mass is 19.4. The minimum atomic E-state index is -5.63. The van der Waals surface area contributed by atoms with Gasteiger partial charge in [-0.2, -0.15) is 22.0 Å². The van der Waals surface area contributed by atoms with E-state index >= 15 is 0 Å². The molecule has 132 valence electrons. The van der Waals surface area contributed by atoms with Crippen LogP contribution in [0.5, 0.6) is 5.75 Å². The lowest BCUT2D eigenvalue weighted by Crippen LogP contribution is -2.43. The summed E-state index contributed by atoms with van der Waals surface area (Å²) in [5, 5.41) is 0. The van der Waals surface area contributed by atoms with E-state index in [0.717, 1.165) is 7.11 Å². The number of halogens is 5. The van der Waals surface area contributed by atoms with Crippen LogP contribution in [0.25, 0.3) is 0 Å². The number of hydrogen-bond acceptors (Lipinski definition) is 2. The predicted molar refractivity (Wildman–Crippen MR) is 76.8 cm³/mol. The molecule has 1 atom stereocenters. The van der Waals surface area contributed by atoms with Gasteiger partial charge in [0, 0.05) is 7.11 Å². The number of ether oxygens (including phenoxy) is 2.